The summed E-state index contributed by atoms with van der Waals surface area (Å²) in [5.74, 6) is 0.875. The smallest absolute Gasteiger partial charge is 0.119 e. The lowest BCUT2D eigenvalue weighted by atomic mass is 9.95. The van der Waals surface area contributed by atoms with Crippen LogP contribution in [0.2, 0.25) is 0 Å². The van der Waals surface area contributed by atoms with Crippen molar-refractivity contribution >= 4 is 11.8 Å². The molecule has 0 aliphatic carbocycles. The maximum Gasteiger partial charge on any atom is 0.119 e. The molecule has 3 heteroatoms. The Hall–Kier alpha value is -2.42. The third-order valence-electron chi connectivity index (χ3n) is 3.55. The van der Waals surface area contributed by atoms with E-state index >= 15 is 0 Å². The van der Waals surface area contributed by atoms with Gasteiger partial charge in [-0.25, -0.2) is 0 Å². The summed E-state index contributed by atoms with van der Waals surface area (Å²) in [6.07, 6.45) is 8.01. The fraction of sp³-hybridized carbons (Fsp3) is 0.222. The van der Waals surface area contributed by atoms with E-state index in [0.717, 1.165) is 42.0 Å². The molecule has 106 valence electrons. The third kappa shape index (κ3) is 3.19. The van der Waals surface area contributed by atoms with Crippen LogP contribution in [0.3, 0.4) is 0 Å². The largest absolute Gasteiger partial charge is 0.497 e. The summed E-state index contributed by atoms with van der Waals surface area (Å²) in [4.78, 5) is 8.90. The van der Waals surface area contributed by atoms with Crippen LogP contribution in [-0.4, -0.2) is 24.4 Å². The van der Waals surface area contributed by atoms with Gasteiger partial charge in [0, 0.05) is 24.5 Å². The molecule has 1 aliphatic rings. The van der Waals surface area contributed by atoms with Crippen molar-refractivity contribution in [1.29, 1.82) is 0 Å². The van der Waals surface area contributed by atoms with Crippen LogP contribution in [0.15, 0.2) is 59.4 Å². The van der Waals surface area contributed by atoms with Crippen molar-refractivity contribution < 1.29 is 4.74 Å². The van der Waals surface area contributed by atoms with Crippen LogP contribution in [0, 0.1) is 0 Å². The number of hydrogen-bond acceptors (Lipinski definition) is 3. The molecule has 2 aromatic rings. The first-order chi connectivity index (χ1) is 10.4. The van der Waals surface area contributed by atoms with Gasteiger partial charge in [0.1, 0.15) is 5.75 Å². The standard InChI is InChI=1S/C18H18N2O/c1-21-17-8-2-5-14(12-17)11-15-6-4-10-20-18(15)16-7-3-9-19-13-16/h2-3,5,7-9,11-13H,4,6,10H2,1H3/b15-11+. The summed E-state index contributed by atoms with van der Waals surface area (Å²) in [6, 6.07) is 12.1. The predicted molar refractivity (Wildman–Crippen MR) is 85.8 cm³/mol. The Labute approximate surface area is 125 Å². The number of aliphatic imine (C=N–C) groups is 1. The maximum atomic E-state index is 5.29. The molecule has 2 heterocycles. The second-order valence-corrected chi connectivity index (χ2v) is 5.02. The highest BCUT2D eigenvalue weighted by molar-refractivity contribution is 6.15. The number of benzene rings is 1. The molecule has 21 heavy (non-hydrogen) atoms. The van der Waals surface area contributed by atoms with Crippen molar-refractivity contribution in [3.8, 4) is 5.75 Å². The Morgan fingerprint density at radius 1 is 1.19 bits per heavy atom. The number of pyridine rings is 1. The van der Waals surface area contributed by atoms with Gasteiger partial charge in [-0.05, 0) is 54.3 Å². The van der Waals surface area contributed by atoms with Crippen LogP contribution in [-0.2, 0) is 0 Å². The van der Waals surface area contributed by atoms with E-state index in [1.54, 1.807) is 13.3 Å². The van der Waals surface area contributed by atoms with E-state index < -0.39 is 0 Å². The normalized spacial score (nSPS) is 16.6. The molecular formula is C18H18N2O. The zero-order valence-corrected chi connectivity index (χ0v) is 12.1. The van der Waals surface area contributed by atoms with Gasteiger partial charge >= 0.3 is 0 Å². The first kappa shape index (κ1) is 13.6. The first-order valence-corrected chi connectivity index (χ1v) is 7.16. The highest BCUT2D eigenvalue weighted by atomic mass is 16.5. The number of allylic oxidation sites excluding steroid dienone is 1. The van der Waals surface area contributed by atoms with Crippen LogP contribution >= 0.6 is 0 Å². The van der Waals surface area contributed by atoms with E-state index in [2.05, 4.69) is 23.2 Å². The Balaban J connectivity index is 1.97. The Morgan fingerprint density at radius 3 is 2.95 bits per heavy atom. The quantitative estimate of drug-likeness (QED) is 0.856. The van der Waals surface area contributed by atoms with Crippen molar-refractivity contribution in [2.24, 2.45) is 4.99 Å². The summed E-state index contributed by atoms with van der Waals surface area (Å²) >= 11 is 0. The second kappa shape index (κ2) is 6.35. The monoisotopic (exact) mass is 278 g/mol. The van der Waals surface area contributed by atoms with Gasteiger partial charge in [0.25, 0.3) is 0 Å². The molecule has 0 saturated carbocycles. The summed E-state index contributed by atoms with van der Waals surface area (Å²) in [6.45, 7) is 0.889. The molecule has 0 N–H and O–H groups in total. The zero-order chi connectivity index (χ0) is 14.5. The molecule has 3 rings (SSSR count). The van der Waals surface area contributed by atoms with E-state index in [1.165, 1.54) is 5.57 Å². The average molecular weight is 278 g/mol. The first-order valence-electron chi connectivity index (χ1n) is 7.16. The second-order valence-electron chi connectivity index (χ2n) is 5.02. The van der Waals surface area contributed by atoms with Gasteiger partial charge in [-0.1, -0.05) is 12.1 Å². The van der Waals surface area contributed by atoms with E-state index in [9.17, 15) is 0 Å². The minimum absolute atomic E-state index is 0.875. The molecule has 0 spiro atoms. The fourth-order valence-corrected chi connectivity index (χ4v) is 2.53. The number of ether oxygens (including phenoxy) is 1. The molecule has 3 nitrogen and oxygen atoms in total. The molecule has 0 atom stereocenters. The number of nitrogens with zero attached hydrogens (tertiary/aromatic N) is 2. The van der Waals surface area contributed by atoms with E-state index in [-0.39, 0.29) is 0 Å². The van der Waals surface area contributed by atoms with Gasteiger partial charge in [-0.2, -0.15) is 0 Å². The number of aromatic nitrogens is 1. The van der Waals surface area contributed by atoms with Crippen LogP contribution in [0.1, 0.15) is 24.0 Å². The maximum absolute atomic E-state index is 5.29. The lowest BCUT2D eigenvalue weighted by Crippen LogP contribution is -2.11. The summed E-state index contributed by atoms with van der Waals surface area (Å²) < 4.78 is 5.29. The Bertz CT molecular complexity index is 675. The molecule has 1 aliphatic heterocycles. The van der Waals surface area contributed by atoms with Crippen molar-refractivity contribution in [3.05, 3.63) is 65.5 Å². The Morgan fingerprint density at radius 2 is 2.14 bits per heavy atom. The molecule has 0 fully saturated rings. The van der Waals surface area contributed by atoms with Crippen LogP contribution < -0.4 is 4.74 Å². The third-order valence-corrected chi connectivity index (χ3v) is 3.55. The van der Waals surface area contributed by atoms with Crippen LogP contribution in [0.25, 0.3) is 6.08 Å². The molecule has 0 unspecified atom stereocenters. The van der Waals surface area contributed by atoms with Crippen molar-refractivity contribution in [3.63, 3.8) is 0 Å². The van der Waals surface area contributed by atoms with Crippen molar-refractivity contribution in [2.45, 2.75) is 12.8 Å². The van der Waals surface area contributed by atoms with Gasteiger partial charge in [0.15, 0.2) is 0 Å². The molecule has 0 amide bonds. The van der Waals surface area contributed by atoms with Crippen LogP contribution in [0.5, 0.6) is 5.75 Å². The highest BCUT2D eigenvalue weighted by Gasteiger charge is 2.14. The molecule has 1 aromatic carbocycles. The lowest BCUT2D eigenvalue weighted by Gasteiger charge is -2.16. The zero-order valence-electron chi connectivity index (χ0n) is 12.1. The molecule has 0 saturated heterocycles. The van der Waals surface area contributed by atoms with E-state index in [1.807, 2.05) is 30.5 Å². The molecule has 1 aromatic heterocycles. The van der Waals surface area contributed by atoms with Gasteiger partial charge in [0.2, 0.25) is 0 Å². The Kier molecular flexibility index (Phi) is 4.10. The molecule has 0 radical (unpaired) electrons. The molecule has 0 bridgehead atoms. The van der Waals surface area contributed by atoms with Gasteiger partial charge in [-0.15, -0.1) is 0 Å². The number of methoxy groups -OCH3 is 1. The minimum Gasteiger partial charge on any atom is -0.497 e. The average Bonchev–Trinajstić information content (AvgIpc) is 2.56. The van der Waals surface area contributed by atoms with Crippen molar-refractivity contribution in [1.82, 2.24) is 4.98 Å². The SMILES string of the molecule is COc1cccc(/C=C2\CCCN=C2c2cccnc2)c1. The summed E-state index contributed by atoms with van der Waals surface area (Å²) in [7, 11) is 1.69. The fourth-order valence-electron chi connectivity index (χ4n) is 2.53. The lowest BCUT2D eigenvalue weighted by molar-refractivity contribution is 0.414. The van der Waals surface area contributed by atoms with E-state index in [0.29, 0.717) is 0 Å². The van der Waals surface area contributed by atoms with Gasteiger partial charge in [-0.3, -0.25) is 9.98 Å². The van der Waals surface area contributed by atoms with Crippen molar-refractivity contribution in [2.75, 3.05) is 13.7 Å². The number of rotatable bonds is 3. The topological polar surface area (TPSA) is 34.5 Å². The summed E-state index contributed by atoms with van der Waals surface area (Å²) in [5.41, 5.74) is 4.56. The van der Waals surface area contributed by atoms with Crippen LogP contribution in [0.4, 0.5) is 0 Å². The highest BCUT2D eigenvalue weighted by Crippen LogP contribution is 2.23. The van der Waals surface area contributed by atoms with Gasteiger partial charge in [0.05, 0.1) is 12.8 Å². The minimum atomic E-state index is 0.875. The van der Waals surface area contributed by atoms with E-state index in [4.69, 9.17) is 9.73 Å². The van der Waals surface area contributed by atoms with Gasteiger partial charge < -0.3 is 4.74 Å². The number of hydrogen-bond donors (Lipinski definition) is 0. The predicted octanol–water partition coefficient (Wildman–Crippen LogP) is 3.76. The summed E-state index contributed by atoms with van der Waals surface area (Å²) in [5, 5.41) is 0. The molecular weight excluding hydrogens is 260 g/mol.